The van der Waals surface area contributed by atoms with Crippen molar-refractivity contribution in [3.63, 3.8) is 0 Å². The van der Waals surface area contributed by atoms with E-state index in [1.54, 1.807) is 32.9 Å². The number of aryl methyl sites for hydroxylation is 1. The van der Waals surface area contributed by atoms with Crippen LogP contribution in [0.2, 0.25) is 0 Å². The molecule has 1 amide bonds. The number of hydrogen-bond acceptors (Lipinski definition) is 7. The summed E-state index contributed by atoms with van der Waals surface area (Å²) in [5, 5.41) is 2.49. The molecule has 0 saturated heterocycles. The molecule has 2 aromatic rings. The summed E-state index contributed by atoms with van der Waals surface area (Å²) in [5.41, 5.74) is 0.585. The van der Waals surface area contributed by atoms with E-state index in [1.165, 1.54) is 38.5 Å². The van der Waals surface area contributed by atoms with Crippen molar-refractivity contribution in [1.29, 1.82) is 0 Å². The molecule has 0 spiro atoms. The van der Waals surface area contributed by atoms with E-state index in [9.17, 15) is 18.0 Å². The molecule has 0 atom stereocenters. The van der Waals surface area contributed by atoms with E-state index in [1.807, 2.05) is 6.92 Å². The molecule has 2 N–H and O–H groups in total. The Morgan fingerprint density at radius 1 is 1.06 bits per heavy atom. The SMILES string of the molecule is COC(=O)c1cc(C#CCNC(=O)OC(C)(C)C)c(NS(=O)(=O)c2ccc(C)cc2)cc1OC. The molecular weight excluding hydrogens is 460 g/mol. The molecule has 0 saturated carbocycles. The van der Waals surface area contributed by atoms with Crippen LogP contribution in [-0.4, -0.2) is 46.8 Å². The van der Waals surface area contributed by atoms with Crippen LogP contribution in [0.5, 0.6) is 5.75 Å². The van der Waals surface area contributed by atoms with E-state index in [2.05, 4.69) is 21.9 Å². The Balaban J connectivity index is 2.42. The first-order valence-electron chi connectivity index (χ1n) is 10.2. The fraction of sp³-hybridized carbons (Fsp3) is 0.333. The molecule has 0 radical (unpaired) electrons. The van der Waals surface area contributed by atoms with Crippen LogP contribution >= 0.6 is 0 Å². The number of nitrogens with one attached hydrogen (secondary N) is 2. The maximum absolute atomic E-state index is 12.9. The molecule has 10 heteroatoms. The lowest BCUT2D eigenvalue weighted by Gasteiger charge is -2.19. The number of alkyl carbamates (subject to hydrolysis) is 1. The second-order valence-electron chi connectivity index (χ2n) is 8.17. The molecule has 0 fully saturated rings. The molecule has 0 heterocycles. The van der Waals surface area contributed by atoms with Crippen molar-refractivity contribution < 1.29 is 32.2 Å². The highest BCUT2D eigenvalue weighted by molar-refractivity contribution is 7.92. The first kappa shape index (κ1) is 26.5. The Bertz CT molecular complexity index is 1220. The van der Waals surface area contributed by atoms with Gasteiger partial charge in [0.05, 0.1) is 31.3 Å². The van der Waals surface area contributed by atoms with Crippen LogP contribution < -0.4 is 14.8 Å². The topological polar surface area (TPSA) is 120 Å². The molecule has 9 nitrogen and oxygen atoms in total. The third kappa shape index (κ3) is 7.42. The van der Waals surface area contributed by atoms with Gasteiger partial charge in [0.2, 0.25) is 0 Å². The summed E-state index contributed by atoms with van der Waals surface area (Å²) in [4.78, 5) is 24.0. The number of carbonyl (C=O) groups is 2. The summed E-state index contributed by atoms with van der Waals surface area (Å²) >= 11 is 0. The molecule has 34 heavy (non-hydrogen) atoms. The van der Waals surface area contributed by atoms with Gasteiger partial charge in [0.25, 0.3) is 10.0 Å². The highest BCUT2D eigenvalue weighted by Gasteiger charge is 2.21. The monoisotopic (exact) mass is 488 g/mol. The minimum absolute atomic E-state index is 0.0552. The summed E-state index contributed by atoms with van der Waals surface area (Å²) in [6, 6.07) is 9.03. The fourth-order valence-electron chi connectivity index (χ4n) is 2.70. The van der Waals surface area contributed by atoms with Crippen LogP contribution in [0.4, 0.5) is 10.5 Å². The Hall–Kier alpha value is -3.71. The van der Waals surface area contributed by atoms with Crippen LogP contribution in [0.3, 0.4) is 0 Å². The van der Waals surface area contributed by atoms with Crippen molar-refractivity contribution in [1.82, 2.24) is 5.32 Å². The third-order valence-electron chi connectivity index (χ3n) is 4.26. The molecule has 0 aliphatic heterocycles. The van der Waals surface area contributed by atoms with Gasteiger partial charge < -0.3 is 19.5 Å². The normalized spacial score (nSPS) is 11.0. The zero-order valence-corrected chi connectivity index (χ0v) is 20.8. The van der Waals surface area contributed by atoms with E-state index < -0.39 is 27.7 Å². The molecule has 0 aliphatic carbocycles. The van der Waals surface area contributed by atoms with E-state index in [4.69, 9.17) is 14.2 Å². The van der Waals surface area contributed by atoms with E-state index in [0.29, 0.717) is 0 Å². The van der Waals surface area contributed by atoms with Crippen molar-refractivity contribution >= 4 is 27.8 Å². The summed E-state index contributed by atoms with van der Waals surface area (Å²) in [6.07, 6.45) is -0.646. The number of esters is 1. The molecular formula is C24H28N2O7S. The van der Waals surface area contributed by atoms with Gasteiger partial charge in [-0.05, 0) is 45.9 Å². The Labute approximate surface area is 199 Å². The lowest BCUT2D eigenvalue weighted by Crippen LogP contribution is -2.32. The van der Waals surface area contributed by atoms with Crippen molar-refractivity contribution in [2.75, 3.05) is 25.5 Å². The highest BCUT2D eigenvalue weighted by Crippen LogP contribution is 2.29. The number of carbonyl (C=O) groups excluding carboxylic acids is 2. The smallest absolute Gasteiger partial charge is 0.408 e. The van der Waals surface area contributed by atoms with Gasteiger partial charge in [-0.1, -0.05) is 29.5 Å². The summed E-state index contributed by atoms with van der Waals surface area (Å²) in [7, 11) is -1.40. The van der Waals surface area contributed by atoms with Crippen molar-refractivity contribution in [3.8, 4) is 17.6 Å². The maximum atomic E-state index is 12.9. The molecule has 0 unspecified atom stereocenters. The second kappa shape index (κ2) is 10.9. The number of anilines is 1. The minimum atomic E-state index is -3.96. The summed E-state index contributed by atoms with van der Waals surface area (Å²) in [6.45, 7) is 6.97. The van der Waals surface area contributed by atoms with Crippen LogP contribution in [0.1, 0.15) is 42.3 Å². The van der Waals surface area contributed by atoms with E-state index in [-0.39, 0.29) is 34.0 Å². The van der Waals surface area contributed by atoms with Gasteiger partial charge >= 0.3 is 12.1 Å². The van der Waals surface area contributed by atoms with Gasteiger partial charge in [-0.15, -0.1) is 0 Å². The van der Waals surface area contributed by atoms with Crippen LogP contribution in [0, 0.1) is 18.8 Å². The fourth-order valence-corrected chi connectivity index (χ4v) is 3.77. The van der Waals surface area contributed by atoms with Crippen LogP contribution in [0.25, 0.3) is 0 Å². The highest BCUT2D eigenvalue weighted by atomic mass is 32.2. The standard InChI is InChI=1S/C24H28N2O7S/c1-16-9-11-18(12-10-16)34(29,30)26-20-15-21(31-5)19(22(27)32-6)14-17(20)8-7-13-25-23(28)33-24(2,3)4/h9-12,14-15,26H,13H2,1-6H3,(H,25,28). The molecule has 182 valence electrons. The number of hydrogen-bond donors (Lipinski definition) is 2. The first-order valence-corrected chi connectivity index (χ1v) is 11.7. The van der Waals surface area contributed by atoms with Gasteiger partial charge in [-0.2, -0.15) is 0 Å². The van der Waals surface area contributed by atoms with Gasteiger partial charge in [0.1, 0.15) is 16.9 Å². The number of benzene rings is 2. The number of sulfonamides is 1. The number of methoxy groups -OCH3 is 2. The predicted molar refractivity (Wildman–Crippen MR) is 127 cm³/mol. The van der Waals surface area contributed by atoms with Gasteiger partial charge in [0.15, 0.2) is 0 Å². The first-order chi connectivity index (χ1) is 15.9. The Morgan fingerprint density at radius 3 is 2.26 bits per heavy atom. The molecule has 0 aliphatic rings. The van der Waals surface area contributed by atoms with E-state index in [0.717, 1.165) is 5.56 Å². The third-order valence-corrected chi connectivity index (χ3v) is 5.65. The molecule has 0 bridgehead atoms. The molecule has 0 aromatic heterocycles. The number of amides is 1. The number of rotatable bonds is 6. The van der Waals surface area contributed by atoms with Crippen molar-refractivity contribution in [3.05, 3.63) is 53.1 Å². The average Bonchev–Trinajstić information content (AvgIpc) is 2.75. The lowest BCUT2D eigenvalue weighted by atomic mass is 10.1. The quantitative estimate of drug-likeness (QED) is 0.472. The zero-order chi connectivity index (χ0) is 25.5. The average molecular weight is 489 g/mol. The Kier molecular flexibility index (Phi) is 8.54. The zero-order valence-electron chi connectivity index (χ0n) is 19.9. The Morgan fingerprint density at radius 2 is 1.71 bits per heavy atom. The van der Waals surface area contributed by atoms with Gasteiger partial charge in [-0.25, -0.2) is 18.0 Å². The van der Waals surface area contributed by atoms with Crippen molar-refractivity contribution in [2.24, 2.45) is 0 Å². The molecule has 2 aromatic carbocycles. The van der Waals surface area contributed by atoms with Gasteiger partial charge in [-0.3, -0.25) is 4.72 Å². The predicted octanol–water partition coefficient (Wildman–Crippen LogP) is 3.47. The van der Waals surface area contributed by atoms with Crippen molar-refractivity contribution in [2.45, 2.75) is 38.2 Å². The minimum Gasteiger partial charge on any atom is -0.496 e. The van der Waals surface area contributed by atoms with E-state index >= 15 is 0 Å². The summed E-state index contributed by atoms with van der Waals surface area (Å²) < 4.78 is 43.5. The largest absolute Gasteiger partial charge is 0.496 e. The van der Waals surface area contributed by atoms with Crippen LogP contribution in [0.15, 0.2) is 41.3 Å². The summed E-state index contributed by atoms with van der Waals surface area (Å²) in [5.74, 6) is 4.92. The maximum Gasteiger partial charge on any atom is 0.408 e. The second-order valence-corrected chi connectivity index (χ2v) is 9.85. The van der Waals surface area contributed by atoms with Gasteiger partial charge in [0, 0.05) is 11.6 Å². The molecule has 2 rings (SSSR count). The lowest BCUT2D eigenvalue weighted by molar-refractivity contribution is 0.0533. The number of ether oxygens (including phenoxy) is 3. The van der Waals surface area contributed by atoms with Crippen LogP contribution in [-0.2, 0) is 19.5 Å².